The molecule has 0 aliphatic carbocycles. The van der Waals surface area contributed by atoms with Gasteiger partial charge in [0.05, 0.1) is 0 Å². The molecule has 4 heteroatoms. The molecule has 3 atom stereocenters. The van der Waals surface area contributed by atoms with E-state index in [-0.39, 0.29) is 17.0 Å². The molecule has 0 amide bonds. The molecule has 3 unspecified atom stereocenters. The third-order valence-electron chi connectivity index (χ3n) is 2.65. The average Bonchev–Trinajstić information content (AvgIpc) is 2.25. The fourth-order valence-corrected chi connectivity index (χ4v) is 1.70. The fourth-order valence-electron chi connectivity index (χ4n) is 1.37. The Bertz CT molecular complexity index is 368. The van der Waals surface area contributed by atoms with Crippen LogP contribution in [0.5, 0.6) is 5.75 Å². The zero-order valence-electron chi connectivity index (χ0n) is 9.93. The van der Waals surface area contributed by atoms with E-state index in [4.69, 9.17) is 0 Å². The first-order valence-corrected chi connectivity index (χ1v) is 6.97. The van der Waals surface area contributed by atoms with Crippen molar-refractivity contribution in [1.82, 2.24) is 5.32 Å². The highest BCUT2D eigenvalue weighted by molar-refractivity contribution is 7.84. The van der Waals surface area contributed by atoms with Crippen LogP contribution in [0.3, 0.4) is 0 Å². The van der Waals surface area contributed by atoms with Gasteiger partial charge in [-0.3, -0.25) is 4.21 Å². The molecule has 0 saturated heterocycles. The van der Waals surface area contributed by atoms with E-state index in [9.17, 15) is 9.32 Å². The van der Waals surface area contributed by atoms with Crippen LogP contribution in [0.2, 0.25) is 0 Å². The van der Waals surface area contributed by atoms with Crippen molar-refractivity contribution >= 4 is 10.8 Å². The van der Waals surface area contributed by atoms with Crippen molar-refractivity contribution in [3.8, 4) is 5.75 Å². The van der Waals surface area contributed by atoms with Gasteiger partial charge in [-0.05, 0) is 31.5 Å². The molecule has 1 rings (SSSR count). The van der Waals surface area contributed by atoms with E-state index in [2.05, 4.69) is 5.32 Å². The van der Waals surface area contributed by atoms with E-state index >= 15 is 0 Å². The van der Waals surface area contributed by atoms with E-state index in [1.54, 1.807) is 18.4 Å². The molecule has 90 valence electrons. The summed E-state index contributed by atoms with van der Waals surface area (Å²) in [7, 11) is -0.799. The first-order chi connectivity index (χ1) is 7.50. The largest absolute Gasteiger partial charge is 0.508 e. The van der Waals surface area contributed by atoms with Crippen LogP contribution in [0.1, 0.15) is 25.5 Å². The van der Waals surface area contributed by atoms with Gasteiger partial charge in [0.15, 0.2) is 0 Å². The van der Waals surface area contributed by atoms with Crippen molar-refractivity contribution in [2.45, 2.75) is 25.1 Å². The van der Waals surface area contributed by atoms with Crippen LogP contribution in [0.4, 0.5) is 0 Å². The van der Waals surface area contributed by atoms with Crippen LogP contribution in [-0.4, -0.2) is 27.4 Å². The van der Waals surface area contributed by atoms with Crippen LogP contribution >= 0.6 is 0 Å². The fraction of sp³-hybridized carbons (Fsp3) is 0.500. The standard InChI is InChI=1S/C12H19NO2S/c1-9(16(3)15)8-13-10(2)11-5-4-6-12(14)7-11/h4-7,9-10,13-14H,8H2,1-3H3. The van der Waals surface area contributed by atoms with Crippen molar-refractivity contribution in [1.29, 1.82) is 0 Å². The van der Waals surface area contributed by atoms with E-state index in [1.807, 2.05) is 26.0 Å². The molecule has 0 saturated carbocycles. The van der Waals surface area contributed by atoms with Crippen LogP contribution in [0.15, 0.2) is 24.3 Å². The second-order valence-electron chi connectivity index (χ2n) is 4.03. The third-order valence-corrected chi connectivity index (χ3v) is 3.95. The number of aromatic hydroxyl groups is 1. The zero-order chi connectivity index (χ0) is 12.1. The average molecular weight is 241 g/mol. The number of hydrogen-bond acceptors (Lipinski definition) is 3. The molecule has 0 aliphatic rings. The van der Waals surface area contributed by atoms with Crippen molar-refractivity contribution in [2.24, 2.45) is 0 Å². The summed E-state index contributed by atoms with van der Waals surface area (Å²) in [6, 6.07) is 7.33. The Morgan fingerprint density at radius 2 is 2.12 bits per heavy atom. The van der Waals surface area contributed by atoms with Gasteiger partial charge < -0.3 is 10.4 Å². The number of hydrogen-bond donors (Lipinski definition) is 2. The van der Waals surface area contributed by atoms with Crippen molar-refractivity contribution in [2.75, 3.05) is 12.8 Å². The first-order valence-electron chi connectivity index (χ1n) is 5.35. The van der Waals surface area contributed by atoms with Crippen LogP contribution < -0.4 is 5.32 Å². The molecular weight excluding hydrogens is 222 g/mol. The Kier molecular flexibility index (Phi) is 4.96. The molecular formula is C12H19NO2S. The predicted octanol–water partition coefficient (Wildman–Crippen LogP) is 1.81. The zero-order valence-corrected chi connectivity index (χ0v) is 10.8. The normalized spacial score (nSPS) is 16.7. The van der Waals surface area contributed by atoms with Crippen molar-refractivity contribution in [3.05, 3.63) is 29.8 Å². The van der Waals surface area contributed by atoms with Gasteiger partial charge >= 0.3 is 0 Å². The predicted molar refractivity (Wildman–Crippen MR) is 68.1 cm³/mol. The summed E-state index contributed by atoms with van der Waals surface area (Å²) in [5, 5.41) is 12.8. The molecule has 3 nitrogen and oxygen atoms in total. The van der Waals surface area contributed by atoms with E-state index in [0.717, 1.165) is 5.56 Å². The number of rotatable bonds is 5. The van der Waals surface area contributed by atoms with E-state index in [0.29, 0.717) is 6.54 Å². The summed E-state index contributed by atoms with van der Waals surface area (Å²) in [6.45, 7) is 4.69. The Balaban J connectivity index is 2.52. The van der Waals surface area contributed by atoms with Crippen molar-refractivity contribution < 1.29 is 9.32 Å². The minimum Gasteiger partial charge on any atom is -0.508 e. The Morgan fingerprint density at radius 3 is 2.69 bits per heavy atom. The molecule has 0 aromatic heterocycles. The number of phenols is 1. The van der Waals surface area contributed by atoms with Gasteiger partial charge in [0, 0.05) is 34.9 Å². The molecule has 0 spiro atoms. The van der Waals surface area contributed by atoms with Gasteiger partial charge in [0.25, 0.3) is 0 Å². The van der Waals surface area contributed by atoms with Crippen molar-refractivity contribution in [3.63, 3.8) is 0 Å². The SMILES string of the molecule is CC(NCC(C)S(C)=O)c1cccc(O)c1. The second kappa shape index (κ2) is 6.01. The number of phenolic OH excluding ortho intramolecular Hbond substituents is 1. The Labute approximate surface area is 99.3 Å². The smallest absolute Gasteiger partial charge is 0.115 e. The highest BCUT2D eigenvalue weighted by Crippen LogP contribution is 2.17. The van der Waals surface area contributed by atoms with Crippen LogP contribution in [0, 0.1) is 0 Å². The maximum atomic E-state index is 11.2. The van der Waals surface area contributed by atoms with Gasteiger partial charge in [-0.25, -0.2) is 0 Å². The highest BCUT2D eigenvalue weighted by Gasteiger charge is 2.09. The summed E-state index contributed by atoms with van der Waals surface area (Å²) >= 11 is 0. The molecule has 0 radical (unpaired) electrons. The molecule has 0 bridgehead atoms. The molecule has 16 heavy (non-hydrogen) atoms. The molecule has 2 N–H and O–H groups in total. The highest BCUT2D eigenvalue weighted by atomic mass is 32.2. The Morgan fingerprint density at radius 1 is 1.44 bits per heavy atom. The van der Waals surface area contributed by atoms with Crippen LogP contribution in [0.25, 0.3) is 0 Å². The first kappa shape index (κ1) is 13.2. The summed E-state index contributed by atoms with van der Waals surface area (Å²) in [4.78, 5) is 0. The van der Waals surface area contributed by atoms with E-state index < -0.39 is 10.8 Å². The van der Waals surface area contributed by atoms with Gasteiger partial charge in [0.1, 0.15) is 5.75 Å². The maximum absolute atomic E-state index is 11.2. The van der Waals surface area contributed by atoms with Gasteiger partial charge in [-0.1, -0.05) is 12.1 Å². The summed E-state index contributed by atoms with van der Waals surface area (Å²) in [5.41, 5.74) is 1.04. The summed E-state index contributed by atoms with van der Waals surface area (Å²) in [5.74, 6) is 0.276. The number of nitrogens with one attached hydrogen (secondary N) is 1. The minimum absolute atomic E-state index is 0.139. The van der Waals surface area contributed by atoms with E-state index in [1.165, 1.54) is 0 Å². The molecule has 0 aliphatic heterocycles. The summed E-state index contributed by atoms with van der Waals surface area (Å²) in [6.07, 6.45) is 1.71. The quantitative estimate of drug-likeness (QED) is 0.826. The van der Waals surface area contributed by atoms with Gasteiger partial charge in [0.2, 0.25) is 0 Å². The lowest BCUT2D eigenvalue weighted by molar-refractivity contribution is 0.472. The molecule has 1 aromatic carbocycles. The topological polar surface area (TPSA) is 49.3 Å². The lowest BCUT2D eigenvalue weighted by atomic mass is 10.1. The molecule has 0 heterocycles. The molecule has 0 fully saturated rings. The second-order valence-corrected chi connectivity index (χ2v) is 5.84. The van der Waals surface area contributed by atoms with Gasteiger partial charge in [-0.2, -0.15) is 0 Å². The monoisotopic (exact) mass is 241 g/mol. The Hall–Kier alpha value is -0.870. The lowest BCUT2D eigenvalue weighted by Gasteiger charge is -2.17. The number of benzene rings is 1. The lowest BCUT2D eigenvalue weighted by Crippen LogP contribution is -2.29. The molecule has 1 aromatic rings. The van der Waals surface area contributed by atoms with Gasteiger partial charge in [-0.15, -0.1) is 0 Å². The minimum atomic E-state index is -0.799. The summed E-state index contributed by atoms with van der Waals surface area (Å²) < 4.78 is 11.2. The van der Waals surface area contributed by atoms with Crippen LogP contribution in [-0.2, 0) is 10.8 Å². The maximum Gasteiger partial charge on any atom is 0.115 e. The third kappa shape index (κ3) is 3.94.